The third-order valence-electron chi connectivity index (χ3n) is 3.82. The predicted molar refractivity (Wildman–Crippen MR) is 58.6 cm³/mol. The van der Waals surface area contributed by atoms with E-state index in [-0.39, 0.29) is 0 Å². The van der Waals surface area contributed by atoms with Gasteiger partial charge in [0.15, 0.2) is 0 Å². The molecule has 0 radical (unpaired) electrons. The molecule has 2 N–H and O–H groups in total. The summed E-state index contributed by atoms with van der Waals surface area (Å²) >= 11 is 0. The van der Waals surface area contributed by atoms with E-state index in [0.717, 1.165) is 30.9 Å². The van der Waals surface area contributed by atoms with Crippen LogP contribution in [0.5, 0.6) is 0 Å². The molecular weight excluding hydrogens is 229 g/mol. The first kappa shape index (κ1) is 10.9. The Morgan fingerprint density at radius 1 is 1.06 bits per heavy atom. The average Bonchev–Trinajstić information content (AvgIpc) is 2.75. The van der Waals surface area contributed by atoms with Crippen molar-refractivity contribution < 1.29 is 13.2 Å². The van der Waals surface area contributed by atoms with E-state index in [1.807, 2.05) is 0 Å². The maximum absolute atomic E-state index is 12.4. The lowest BCUT2D eigenvalue weighted by molar-refractivity contribution is -0.137. The lowest BCUT2D eigenvalue weighted by atomic mass is 10.2. The van der Waals surface area contributed by atoms with Gasteiger partial charge in [-0.15, -0.1) is 0 Å². The van der Waals surface area contributed by atoms with Gasteiger partial charge in [-0.25, -0.2) is 0 Å². The number of nitrogens with zero attached hydrogens (tertiary/aromatic N) is 1. The molecule has 2 unspecified atom stereocenters. The zero-order chi connectivity index (χ0) is 12.2. The zero-order valence-electron chi connectivity index (χ0n) is 9.11. The van der Waals surface area contributed by atoms with Gasteiger partial charge in [-0.05, 0) is 36.1 Å². The van der Waals surface area contributed by atoms with Crippen LogP contribution in [0.2, 0.25) is 0 Å². The van der Waals surface area contributed by atoms with Crippen LogP contribution in [0, 0.1) is 11.8 Å². The van der Waals surface area contributed by atoms with Gasteiger partial charge in [0.1, 0.15) is 0 Å². The quantitative estimate of drug-likeness (QED) is 0.817. The number of fused-ring (bicyclic) bond motifs is 1. The monoisotopic (exact) mass is 242 g/mol. The number of benzene rings is 1. The summed E-state index contributed by atoms with van der Waals surface area (Å²) in [7, 11) is 0. The van der Waals surface area contributed by atoms with Crippen molar-refractivity contribution in [3.8, 4) is 0 Å². The molecule has 2 fully saturated rings. The van der Waals surface area contributed by atoms with Gasteiger partial charge < -0.3 is 10.6 Å². The molecule has 5 heteroatoms. The molecule has 0 amide bonds. The summed E-state index contributed by atoms with van der Waals surface area (Å²) in [5.41, 5.74) is 6.08. The number of hydrogen-bond donors (Lipinski definition) is 1. The fraction of sp³-hybridized carbons (Fsp3) is 0.500. The van der Waals surface area contributed by atoms with Gasteiger partial charge in [-0.3, -0.25) is 0 Å². The van der Waals surface area contributed by atoms with Crippen LogP contribution < -0.4 is 10.6 Å². The first-order valence-electron chi connectivity index (χ1n) is 5.64. The number of hydrogen-bond acceptors (Lipinski definition) is 2. The molecule has 1 saturated heterocycles. The van der Waals surface area contributed by atoms with Crippen LogP contribution in [0.4, 0.5) is 18.9 Å². The first-order chi connectivity index (χ1) is 7.97. The number of anilines is 1. The van der Waals surface area contributed by atoms with E-state index in [4.69, 9.17) is 5.73 Å². The highest BCUT2D eigenvalue weighted by atomic mass is 19.4. The molecule has 1 aromatic carbocycles. The van der Waals surface area contributed by atoms with Crippen LogP contribution in [-0.4, -0.2) is 19.1 Å². The Bertz CT molecular complexity index is 414. The Balaban J connectivity index is 1.73. The molecule has 92 valence electrons. The summed E-state index contributed by atoms with van der Waals surface area (Å²) in [5, 5.41) is 0. The van der Waals surface area contributed by atoms with Crippen molar-refractivity contribution in [1.29, 1.82) is 0 Å². The van der Waals surface area contributed by atoms with Crippen molar-refractivity contribution >= 4 is 5.69 Å². The third-order valence-corrected chi connectivity index (χ3v) is 3.82. The van der Waals surface area contributed by atoms with E-state index in [9.17, 15) is 13.2 Å². The molecule has 1 aliphatic carbocycles. The summed E-state index contributed by atoms with van der Waals surface area (Å²) in [5.74, 6) is 1.08. The fourth-order valence-corrected chi connectivity index (χ4v) is 2.64. The summed E-state index contributed by atoms with van der Waals surface area (Å²) in [4.78, 5) is 2.11. The van der Waals surface area contributed by atoms with Crippen LogP contribution in [0.15, 0.2) is 24.3 Å². The predicted octanol–water partition coefficient (Wildman–Crippen LogP) is 2.10. The van der Waals surface area contributed by atoms with Gasteiger partial charge in [-0.2, -0.15) is 13.2 Å². The summed E-state index contributed by atoms with van der Waals surface area (Å²) in [6.45, 7) is 1.74. The Morgan fingerprint density at radius 3 is 2.06 bits per heavy atom. The van der Waals surface area contributed by atoms with Crippen molar-refractivity contribution in [2.24, 2.45) is 17.6 Å². The number of nitrogens with two attached hydrogens (primary N) is 1. The van der Waals surface area contributed by atoms with Gasteiger partial charge in [-0.1, -0.05) is 0 Å². The van der Waals surface area contributed by atoms with E-state index in [1.54, 1.807) is 12.1 Å². The standard InChI is InChI=1S/C12H13F3N2/c13-12(14,15)7-1-3-8(4-2-7)17-5-9-10(6-17)11(9)16/h1-4,9-11H,5-6,16H2. The molecule has 0 spiro atoms. The van der Waals surface area contributed by atoms with E-state index in [0.29, 0.717) is 17.9 Å². The van der Waals surface area contributed by atoms with Crippen LogP contribution in [0.3, 0.4) is 0 Å². The second kappa shape index (κ2) is 3.38. The highest BCUT2D eigenvalue weighted by Crippen LogP contribution is 2.45. The van der Waals surface area contributed by atoms with E-state index < -0.39 is 11.7 Å². The Morgan fingerprint density at radius 2 is 1.59 bits per heavy atom. The van der Waals surface area contributed by atoms with Gasteiger partial charge in [0.25, 0.3) is 0 Å². The molecule has 1 aromatic rings. The number of piperidine rings is 1. The van der Waals surface area contributed by atoms with E-state index in [1.165, 1.54) is 0 Å². The van der Waals surface area contributed by atoms with Crippen LogP contribution in [0.1, 0.15) is 5.56 Å². The maximum atomic E-state index is 12.4. The number of alkyl halides is 3. The van der Waals surface area contributed by atoms with Crippen LogP contribution in [-0.2, 0) is 6.18 Å². The summed E-state index contributed by atoms with van der Waals surface area (Å²) in [6, 6.07) is 5.66. The van der Waals surface area contributed by atoms with E-state index in [2.05, 4.69) is 4.90 Å². The molecule has 1 saturated carbocycles. The van der Waals surface area contributed by atoms with Crippen molar-refractivity contribution in [3.63, 3.8) is 0 Å². The van der Waals surface area contributed by atoms with Gasteiger partial charge in [0.2, 0.25) is 0 Å². The maximum Gasteiger partial charge on any atom is 0.416 e. The Labute approximate surface area is 97.2 Å². The Hall–Kier alpha value is -1.23. The fourth-order valence-electron chi connectivity index (χ4n) is 2.64. The second-order valence-electron chi connectivity index (χ2n) is 4.85. The molecule has 2 nitrogen and oxygen atoms in total. The largest absolute Gasteiger partial charge is 0.416 e. The summed E-state index contributed by atoms with van der Waals surface area (Å²) < 4.78 is 37.2. The smallest absolute Gasteiger partial charge is 0.371 e. The molecule has 17 heavy (non-hydrogen) atoms. The minimum atomic E-state index is -4.26. The molecule has 3 rings (SSSR count). The van der Waals surface area contributed by atoms with Crippen molar-refractivity contribution in [2.75, 3.05) is 18.0 Å². The molecule has 0 aromatic heterocycles. The van der Waals surface area contributed by atoms with Gasteiger partial charge in [0.05, 0.1) is 5.56 Å². The topological polar surface area (TPSA) is 29.3 Å². The SMILES string of the molecule is NC1C2CN(c3ccc(C(F)(F)F)cc3)CC12. The van der Waals surface area contributed by atoms with Gasteiger partial charge in [0, 0.05) is 24.8 Å². The highest BCUT2D eigenvalue weighted by Gasteiger charge is 2.53. The molecular formula is C12H13F3N2. The highest BCUT2D eigenvalue weighted by molar-refractivity contribution is 5.50. The number of halogens is 3. The lowest BCUT2D eigenvalue weighted by Crippen LogP contribution is -2.27. The average molecular weight is 242 g/mol. The van der Waals surface area contributed by atoms with Gasteiger partial charge >= 0.3 is 6.18 Å². The molecule has 2 atom stereocenters. The summed E-state index contributed by atoms with van der Waals surface area (Å²) in [6.07, 6.45) is -4.26. The molecule has 1 heterocycles. The first-order valence-corrected chi connectivity index (χ1v) is 5.64. The van der Waals surface area contributed by atoms with Crippen LogP contribution >= 0.6 is 0 Å². The zero-order valence-corrected chi connectivity index (χ0v) is 9.11. The molecule has 0 bridgehead atoms. The van der Waals surface area contributed by atoms with Crippen LogP contribution in [0.25, 0.3) is 0 Å². The molecule has 1 aliphatic heterocycles. The second-order valence-corrected chi connectivity index (χ2v) is 4.85. The Kier molecular flexibility index (Phi) is 2.17. The normalized spacial score (nSPS) is 31.5. The lowest BCUT2D eigenvalue weighted by Gasteiger charge is -2.21. The molecule has 2 aliphatic rings. The van der Waals surface area contributed by atoms with Crippen molar-refractivity contribution in [2.45, 2.75) is 12.2 Å². The van der Waals surface area contributed by atoms with E-state index >= 15 is 0 Å². The minimum absolute atomic E-state index is 0.306. The van der Waals surface area contributed by atoms with Crippen molar-refractivity contribution in [1.82, 2.24) is 0 Å². The minimum Gasteiger partial charge on any atom is -0.371 e. The third kappa shape index (κ3) is 1.78. The number of rotatable bonds is 1. The van der Waals surface area contributed by atoms with Crippen molar-refractivity contribution in [3.05, 3.63) is 29.8 Å².